The van der Waals surface area contributed by atoms with Gasteiger partial charge in [0.2, 0.25) is 0 Å². The van der Waals surface area contributed by atoms with Crippen molar-refractivity contribution >= 4 is 5.82 Å². The monoisotopic (exact) mass is 233 g/mol. The van der Waals surface area contributed by atoms with E-state index in [2.05, 4.69) is 32.6 Å². The van der Waals surface area contributed by atoms with Gasteiger partial charge in [-0.05, 0) is 12.3 Å². The molecule has 2 heterocycles. The van der Waals surface area contributed by atoms with E-state index in [1.54, 1.807) is 0 Å². The first-order valence-electron chi connectivity index (χ1n) is 6.25. The van der Waals surface area contributed by atoms with Gasteiger partial charge in [-0.3, -0.25) is 0 Å². The number of nitrogens with two attached hydrogens (primary N) is 1. The molecule has 17 heavy (non-hydrogen) atoms. The summed E-state index contributed by atoms with van der Waals surface area (Å²) in [6, 6.07) is 2.79. The van der Waals surface area contributed by atoms with Crippen LogP contribution in [-0.2, 0) is 0 Å². The summed E-state index contributed by atoms with van der Waals surface area (Å²) < 4.78 is 2.08. The van der Waals surface area contributed by atoms with Gasteiger partial charge < -0.3 is 16.4 Å². The van der Waals surface area contributed by atoms with Crippen LogP contribution in [0, 0.1) is 5.92 Å². The molecule has 1 aliphatic heterocycles. The van der Waals surface area contributed by atoms with Gasteiger partial charge >= 0.3 is 0 Å². The quantitative estimate of drug-likeness (QED) is 0.656. The summed E-state index contributed by atoms with van der Waals surface area (Å²) in [7, 11) is 0. The average Bonchev–Trinajstić information content (AvgIpc) is 2.82. The minimum atomic E-state index is 0.238. The predicted molar refractivity (Wildman–Crippen MR) is 67.8 cm³/mol. The molecule has 1 aromatic rings. The lowest BCUT2D eigenvalue weighted by molar-refractivity contribution is 0.321. The summed E-state index contributed by atoms with van der Waals surface area (Å²) in [5.74, 6) is 1.67. The molecule has 0 saturated carbocycles. The van der Waals surface area contributed by atoms with Crippen molar-refractivity contribution in [1.82, 2.24) is 15.1 Å². The highest BCUT2D eigenvalue weighted by molar-refractivity contribution is 5.35. The fourth-order valence-corrected chi connectivity index (χ4v) is 2.39. The minimum absolute atomic E-state index is 0.238. The molecule has 92 valence electrons. The first kappa shape index (κ1) is 10.8. The summed E-state index contributed by atoms with van der Waals surface area (Å²) >= 11 is 0. The second-order valence-corrected chi connectivity index (χ2v) is 4.90. The molecular formula is C12H19N5. The van der Waals surface area contributed by atoms with Crippen LogP contribution in [0.3, 0.4) is 0 Å². The highest BCUT2D eigenvalue weighted by Gasteiger charge is 2.22. The Labute approximate surface area is 101 Å². The van der Waals surface area contributed by atoms with Gasteiger partial charge in [-0.2, -0.15) is 5.10 Å². The third-order valence-electron chi connectivity index (χ3n) is 3.53. The van der Waals surface area contributed by atoms with Crippen LogP contribution in [0.4, 0.5) is 5.82 Å². The molecule has 0 radical (unpaired) electrons. The Balaban J connectivity index is 1.58. The van der Waals surface area contributed by atoms with Crippen LogP contribution in [-0.4, -0.2) is 35.5 Å². The lowest BCUT2D eigenvalue weighted by atomic mass is 10.1. The Bertz CT molecular complexity index is 407. The molecule has 5 nitrogen and oxygen atoms in total. The lowest BCUT2D eigenvalue weighted by Gasteiger charge is -2.29. The first-order chi connectivity index (χ1) is 8.33. The first-order valence-corrected chi connectivity index (χ1v) is 6.25. The van der Waals surface area contributed by atoms with Gasteiger partial charge in [-0.1, -0.05) is 12.2 Å². The van der Waals surface area contributed by atoms with Gasteiger partial charge in [-0.25, -0.2) is 4.68 Å². The number of nitrogens with one attached hydrogen (secondary N) is 2. The molecule has 0 amide bonds. The predicted octanol–water partition coefficient (Wildman–Crippen LogP) is 0.343. The summed E-state index contributed by atoms with van der Waals surface area (Å²) in [4.78, 5) is 0. The fraction of sp³-hybridized carbons (Fsp3) is 0.583. The van der Waals surface area contributed by atoms with E-state index in [-0.39, 0.29) is 6.04 Å². The fourth-order valence-electron chi connectivity index (χ4n) is 2.39. The zero-order valence-corrected chi connectivity index (χ0v) is 9.84. The van der Waals surface area contributed by atoms with Crippen molar-refractivity contribution < 1.29 is 0 Å². The van der Waals surface area contributed by atoms with E-state index in [0.717, 1.165) is 31.9 Å². The van der Waals surface area contributed by atoms with Crippen LogP contribution in [0.2, 0.25) is 0 Å². The minimum Gasteiger partial charge on any atom is -0.370 e. The van der Waals surface area contributed by atoms with Gasteiger partial charge in [-0.15, -0.1) is 0 Å². The molecule has 1 aromatic heterocycles. The SMILES string of the molecule is NC1C=CC(CNc2ccnn2C2CNC2)C1. The van der Waals surface area contributed by atoms with Crippen molar-refractivity contribution in [2.75, 3.05) is 25.0 Å². The summed E-state index contributed by atoms with van der Waals surface area (Å²) in [6.45, 7) is 2.98. The third-order valence-corrected chi connectivity index (χ3v) is 3.53. The number of nitrogens with zero attached hydrogens (tertiary/aromatic N) is 2. The maximum atomic E-state index is 5.84. The second-order valence-electron chi connectivity index (χ2n) is 4.90. The van der Waals surface area contributed by atoms with Crippen LogP contribution >= 0.6 is 0 Å². The van der Waals surface area contributed by atoms with Gasteiger partial charge in [0.25, 0.3) is 0 Å². The molecular weight excluding hydrogens is 214 g/mol. The lowest BCUT2D eigenvalue weighted by Crippen LogP contribution is -2.44. The Morgan fingerprint density at radius 2 is 2.35 bits per heavy atom. The number of anilines is 1. The van der Waals surface area contributed by atoms with Crippen molar-refractivity contribution in [2.45, 2.75) is 18.5 Å². The molecule has 1 aliphatic carbocycles. The number of hydrogen-bond acceptors (Lipinski definition) is 4. The van der Waals surface area contributed by atoms with Gasteiger partial charge in [0.1, 0.15) is 5.82 Å². The number of hydrogen-bond donors (Lipinski definition) is 3. The summed E-state index contributed by atoms with van der Waals surface area (Å²) in [5, 5.41) is 11.1. The number of aromatic nitrogens is 2. The second kappa shape index (κ2) is 4.50. The van der Waals surface area contributed by atoms with E-state index >= 15 is 0 Å². The maximum Gasteiger partial charge on any atom is 0.124 e. The standard InChI is InChI=1S/C12H19N5/c13-10-2-1-9(5-10)6-15-12-3-4-16-17(12)11-7-14-8-11/h1-4,9-11,14-15H,5-8,13H2. The molecule has 0 aromatic carbocycles. The van der Waals surface area contributed by atoms with E-state index < -0.39 is 0 Å². The zero-order chi connectivity index (χ0) is 11.7. The van der Waals surface area contributed by atoms with E-state index in [1.165, 1.54) is 0 Å². The van der Waals surface area contributed by atoms with Gasteiger partial charge in [0.15, 0.2) is 0 Å². The number of rotatable bonds is 4. The van der Waals surface area contributed by atoms with Crippen molar-refractivity contribution in [3.05, 3.63) is 24.4 Å². The molecule has 2 aliphatic rings. The summed E-state index contributed by atoms with van der Waals surface area (Å²) in [6.07, 6.45) is 7.21. The largest absolute Gasteiger partial charge is 0.370 e. The van der Waals surface area contributed by atoms with Crippen molar-refractivity contribution in [3.63, 3.8) is 0 Å². The van der Waals surface area contributed by atoms with Crippen LogP contribution in [0.1, 0.15) is 12.5 Å². The highest BCUT2D eigenvalue weighted by atomic mass is 15.4. The molecule has 2 unspecified atom stereocenters. The highest BCUT2D eigenvalue weighted by Crippen LogP contribution is 2.20. The normalized spacial score (nSPS) is 28.3. The zero-order valence-electron chi connectivity index (χ0n) is 9.84. The van der Waals surface area contributed by atoms with Crippen molar-refractivity contribution in [1.29, 1.82) is 0 Å². The molecule has 1 fully saturated rings. The summed E-state index contributed by atoms with van der Waals surface area (Å²) in [5.41, 5.74) is 5.84. The Kier molecular flexibility index (Phi) is 2.86. The maximum absolute atomic E-state index is 5.84. The van der Waals surface area contributed by atoms with E-state index in [4.69, 9.17) is 5.73 Å². The van der Waals surface area contributed by atoms with E-state index in [0.29, 0.717) is 12.0 Å². The Morgan fingerprint density at radius 3 is 3.00 bits per heavy atom. The topological polar surface area (TPSA) is 67.9 Å². The van der Waals surface area contributed by atoms with Crippen molar-refractivity contribution in [2.24, 2.45) is 11.7 Å². The molecule has 0 spiro atoms. The van der Waals surface area contributed by atoms with Crippen LogP contribution < -0.4 is 16.4 Å². The van der Waals surface area contributed by atoms with Gasteiger partial charge in [0.05, 0.1) is 12.2 Å². The Morgan fingerprint density at radius 1 is 1.47 bits per heavy atom. The molecule has 5 heteroatoms. The molecule has 4 N–H and O–H groups in total. The van der Waals surface area contributed by atoms with Crippen LogP contribution in [0.25, 0.3) is 0 Å². The molecule has 2 atom stereocenters. The third kappa shape index (κ3) is 2.21. The van der Waals surface area contributed by atoms with E-state index in [1.807, 2.05) is 12.3 Å². The smallest absolute Gasteiger partial charge is 0.124 e. The van der Waals surface area contributed by atoms with Crippen LogP contribution in [0.5, 0.6) is 0 Å². The molecule has 3 rings (SSSR count). The van der Waals surface area contributed by atoms with E-state index in [9.17, 15) is 0 Å². The van der Waals surface area contributed by atoms with Gasteiger partial charge in [0, 0.05) is 31.7 Å². The molecule has 1 saturated heterocycles. The Hall–Kier alpha value is -1.33. The average molecular weight is 233 g/mol. The van der Waals surface area contributed by atoms with Crippen molar-refractivity contribution in [3.8, 4) is 0 Å². The van der Waals surface area contributed by atoms with Crippen LogP contribution in [0.15, 0.2) is 24.4 Å². The molecule has 0 bridgehead atoms.